The number of rotatable bonds is 4. The predicted molar refractivity (Wildman–Crippen MR) is 96.8 cm³/mol. The minimum absolute atomic E-state index is 0.268. The summed E-state index contributed by atoms with van der Waals surface area (Å²) in [6.07, 6.45) is 4.49. The van der Waals surface area contributed by atoms with E-state index >= 15 is 0 Å². The van der Waals surface area contributed by atoms with Crippen LogP contribution < -0.4 is 4.74 Å². The van der Waals surface area contributed by atoms with Crippen molar-refractivity contribution in [3.05, 3.63) is 53.9 Å². The zero-order chi connectivity index (χ0) is 17.6. The van der Waals surface area contributed by atoms with Crippen LogP contribution in [-0.4, -0.2) is 41.0 Å². The number of fused-ring (bicyclic) bond motifs is 4. The molecule has 2 aromatic rings. The van der Waals surface area contributed by atoms with Gasteiger partial charge in [-0.3, -0.25) is 4.98 Å². The van der Waals surface area contributed by atoms with Crippen LogP contribution in [0.2, 0.25) is 0 Å². The summed E-state index contributed by atoms with van der Waals surface area (Å²) in [7, 11) is 1.62. The number of piperidine rings is 3. The Morgan fingerprint density at radius 3 is 3.00 bits per heavy atom. The fourth-order valence-electron chi connectivity index (χ4n) is 4.68. The molecule has 3 saturated heterocycles. The van der Waals surface area contributed by atoms with Crippen LogP contribution in [0, 0.1) is 17.0 Å². The van der Waals surface area contributed by atoms with E-state index in [2.05, 4.69) is 11.6 Å². The minimum Gasteiger partial charge on any atom is -0.632 e. The van der Waals surface area contributed by atoms with Crippen LogP contribution in [0.5, 0.6) is 5.75 Å². The van der Waals surface area contributed by atoms with Gasteiger partial charge in [-0.25, -0.2) is 0 Å². The Hall–Kier alpha value is -1.95. The summed E-state index contributed by atoms with van der Waals surface area (Å²) in [5.74, 6) is 1.44. The summed E-state index contributed by atoms with van der Waals surface area (Å²) in [4.78, 5) is 4.37. The topological polar surface area (TPSA) is 65.4 Å². The predicted octanol–water partition coefficient (Wildman–Crippen LogP) is 3.19. The molecule has 1 aromatic carbocycles. The first kappa shape index (κ1) is 16.5. The molecule has 0 aliphatic carbocycles. The highest BCUT2D eigenvalue weighted by molar-refractivity contribution is 5.83. The van der Waals surface area contributed by atoms with E-state index in [0.29, 0.717) is 19.0 Å². The van der Waals surface area contributed by atoms with E-state index in [4.69, 9.17) is 4.74 Å². The molecule has 5 atom stereocenters. The molecule has 1 aromatic heterocycles. The van der Waals surface area contributed by atoms with Crippen molar-refractivity contribution in [2.75, 3.05) is 20.2 Å². The number of nitrogens with zero attached hydrogens (tertiary/aromatic N) is 2. The molecule has 5 nitrogen and oxygen atoms in total. The molecule has 0 saturated carbocycles. The van der Waals surface area contributed by atoms with Crippen molar-refractivity contribution < 1.29 is 14.5 Å². The number of hydrogen-bond acceptors (Lipinski definition) is 4. The van der Waals surface area contributed by atoms with Gasteiger partial charge < -0.3 is 19.7 Å². The fraction of sp³-hybridized carbons (Fsp3) is 0.450. The third-order valence-corrected chi connectivity index (χ3v) is 6.12. The van der Waals surface area contributed by atoms with Crippen LogP contribution >= 0.6 is 0 Å². The van der Waals surface area contributed by atoms with Gasteiger partial charge in [-0.2, -0.15) is 0 Å². The van der Waals surface area contributed by atoms with Crippen LogP contribution in [0.3, 0.4) is 0 Å². The second-order valence-electron chi connectivity index (χ2n) is 7.34. The molecule has 3 aliphatic heterocycles. The Morgan fingerprint density at radius 2 is 2.28 bits per heavy atom. The second kappa shape index (κ2) is 6.09. The van der Waals surface area contributed by atoms with Crippen molar-refractivity contribution in [2.24, 2.45) is 11.8 Å². The zero-order valence-corrected chi connectivity index (χ0v) is 14.5. The number of aliphatic hydroxyl groups excluding tert-OH is 1. The number of hydroxylamine groups is 3. The van der Waals surface area contributed by atoms with Gasteiger partial charge in [0.25, 0.3) is 0 Å². The van der Waals surface area contributed by atoms with Crippen LogP contribution in [0.1, 0.15) is 24.5 Å². The molecule has 5 rings (SSSR count). The van der Waals surface area contributed by atoms with E-state index in [9.17, 15) is 10.3 Å². The highest BCUT2D eigenvalue weighted by Crippen LogP contribution is 2.46. The molecule has 0 radical (unpaired) electrons. The Labute approximate surface area is 147 Å². The summed E-state index contributed by atoms with van der Waals surface area (Å²) < 4.78 is 5.00. The maximum absolute atomic E-state index is 13.4. The highest BCUT2D eigenvalue weighted by Gasteiger charge is 2.49. The van der Waals surface area contributed by atoms with Crippen molar-refractivity contribution >= 4 is 10.9 Å². The standard InChI is InChI=1S/C20H24N2O3/c1-3-13-12-22(24)9-7-14(13)10-19(22)20(23)16-6-8-21-18-5-4-15(25-2)11-17(16)18/h3-6,8,11,13-14,19-20,23H,1,7,9-10,12H2,2H3/t13?,14?,19?,20-,22?/m1/s1. The van der Waals surface area contributed by atoms with E-state index in [1.807, 2.05) is 30.3 Å². The largest absolute Gasteiger partial charge is 0.632 e. The lowest BCUT2D eigenvalue weighted by Gasteiger charge is -2.61. The molecule has 0 amide bonds. The van der Waals surface area contributed by atoms with E-state index in [-0.39, 0.29) is 16.6 Å². The third-order valence-electron chi connectivity index (χ3n) is 6.12. The summed E-state index contributed by atoms with van der Waals surface area (Å²) in [6.45, 7) is 5.01. The molecule has 4 unspecified atom stereocenters. The van der Waals surface area contributed by atoms with Crippen molar-refractivity contribution in [1.29, 1.82) is 0 Å². The number of quaternary nitrogens is 1. The molecule has 4 heterocycles. The van der Waals surface area contributed by atoms with Crippen LogP contribution in [-0.2, 0) is 0 Å². The maximum atomic E-state index is 13.4. The lowest BCUT2D eigenvalue weighted by atomic mass is 9.73. The zero-order valence-electron chi connectivity index (χ0n) is 14.5. The Balaban J connectivity index is 1.73. The van der Waals surface area contributed by atoms with E-state index in [1.54, 1.807) is 13.3 Å². The Kier molecular flexibility index (Phi) is 4.02. The van der Waals surface area contributed by atoms with Gasteiger partial charge in [0.15, 0.2) is 0 Å². The third kappa shape index (κ3) is 2.63. The molecular formula is C20H24N2O3. The summed E-state index contributed by atoms with van der Waals surface area (Å²) in [5, 5.41) is 25.4. The van der Waals surface area contributed by atoms with Crippen LogP contribution in [0.15, 0.2) is 43.1 Å². The van der Waals surface area contributed by atoms with Crippen LogP contribution in [0.4, 0.5) is 0 Å². The van der Waals surface area contributed by atoms with Gasteiger partial charge >= 0.3 is 0 Å². The number of hydrogen-bond donors (Lipinski definition) is 1. The van der Waals surface area contributed by atoms with Gasteiger partial charge in [-0.1, -0.05) is 6.08 Å². The molecule has 132 valence electrons. The van der Waals surface area contributed by atoms with E-state index < -0.39 is 6.10 Å². The number of pyridine rings is 1. The molecule has 2 bridgehead atoms. The molecule has 5 heteroatoms. The summed E-state index contributed by atoms with van der Waals surface area (Å²) in [6, 6.07) is 7.12. The number of aromatic nitrogens is 1. The van der Waals surface area contributed by atoms with Gasteiger partial charge in [-0.05, 0) is 35.7 Å². The minimum atomic E-state index is -0.802. The number of benzene rings is 1. The number of aliphatic hydroxyl groups is 1. The summed E-state index contributed by atoms with van der Waals surface area (Å²) in [5.41, 5.74) is 1.57. The lowest BCUT2D eigenvalue weighted by Crippen LogP contribution is -2.64. The lowest BCUT2D eigenvalue weighted by molar-refractivity contribution is -0.929. The van der Waals surface area contributed by atoms with Crippen molar-refractivity contribution in [3.8, 4) is 5.75 Å². The van der Waals surface area contributed by atoms with Crippen molar-refractivity contribution in [2.45, 2.75) is 25.0 Å². The van der Waals surface area contributed by atoms with Gasteiger partial charge in [0.2, 0.25) is 0 Å². The van der Waals surface area contributed by atoms with Crippen molar-refractivity contribution in [1.82, 2.24) is 4.98 Å². The second-order valence-corrected chi connectivity index (χ2v) is 7.34. The van der Waals surface area contributed by atoms with Crippen LogP contribution in [0.25, 0.3) is 10.9 Å². The van der Waals surface area contributed by atoms with Gasteiger partial charge in [-0.15, -0.1) is 6.58 Å². The highest BCUT2D eigenvalue weighted by atomic mass is 16.6. The van der Waals surface area contributed by atoms with Gasteiger partial charge in [0, 0.05) is 30.3 Å². The van der Waals surface area contributed by atoms with E-state index in [1.165, 1.54) is 0 Å². The molecule has 1 N–H and O–H groups in total. The first-order valence-electron chi connectivity index (χ1n) is 8.87. The molecule has 3 fully saturated rings. The SMILES string of the molecule is C=CC1C[N+]2([O-])CCC1CC2[C@H](O)c1ccnc2ccc(OC)cc12. The number of ether oxygens (including phenoxy) is 1. The average Bonchev–Trinajstić information content (AvgIpc) is 2.66. The summed E-state index contributed by atoms with van der Waals surface area (Å²) >= 11 is 0. The van der Waals surface area contributed by atoms with E-state index in [0.717, 1.165) is 35.1 Å². The monoisotopic (exact) mass is 340 g/mol. The quantitative estimate of drug-likeness (QED) is 0.527. The molecular weight excluding hydrogens is 316 g/mol. The fourth-order valence-corrected chi connectivity index (χ4v) is 4.68. The first-order valence-corrected chi connectivity index (χ1v) is 8.87. The Morgan fingerprint density at radius 1 is 1.44 bits per heavy atom. The normalized spacial score (nSPS) is 32.5. The van der Waals surface area contributed by atoms with Gasteiger partial charge in [0.05, 0.1) is 25.7 Å². The Bertz CT molecular complexity index is 809. The number of methoxy groups -OCH3 is 1. The molecule has 0 spiro atoms. The average molecular weight is 340 g/mol. The smallest absolute Gasteiger partial charge is 0.132 e. The first-order chi connectivity index (χ1) is 12.1. The molecule has 3 aliphatic rings. The maximum Gasteiger partial charge on any atom is 0.132 e. The molecule has 25 heavy (non-hydrogen) atoms. The van der Waals surface area contributed by atoms with Gasteiger partial charge in [0.1, 0.15) is 17.9 Å². The van der Waals surface area contributed by atoms with Crippen molar-refractivity contribution in [3.63, 3.8) is 0 Å².